The summed E-state index contributed by atoms with van der Waals surface area (Å²) in [5.74, 6) is 0.721. The third-order valence-electron chi connectivity index (χ3n) is 3.69. The van der Waals surface area contributed by atoms with Gasteiger partial charge >= 0.3 is 0 Å². The molecule has 0 aromatic heterocycles. The topological polar surface area (TPSA) is 32.3 Å². The number of carbonyl (C=O) groups excluding carboxylic acids is 1. The molecule has 0 saturated carbocycles. The van der Waals surface area contributed by atoms with E-state index in [2.05, 4.69) is 17.3 Å². The van der Waals surface area contributed by atoms with Gasteiger partial charge in [0.1, 0.15) is 0 Å². The number of fused-ring (bicyclic) bond motifs is 2. The zero-order chi connectivity index (χ0) is 9.26. The van der Waals surface area contributed by atoms with Gasteiger partial charge in [-0.05, 0) is 38.6 Å². The van der Waals surface area contributed by atoms with Gasteiger partial charge in [-0.1, -0.05) is 0 Å². The molecule has 3 heteroatoms. The third-order valence-corrected chi connectivity index (χ3v) is 3.69. The van der Waals surface area contributed by atoms with Crippen molar-refractivity contribution in [1.29, 1.82) is 0 Å². The molecular formula is C10H18N2O. The summed E-state index contributed by atoms with van der Waals surface area (Å²) in [7, 11) is 2.24. The van der Waals surface area contributed by atoms with Crippen LogP contribution in [0.4, 0.5) is 0 Å². The Balaban J connectivity index is 1.87. The molecule has 2 atom stereocenters. The van der Waals surface area contributed by atoms with E-state index in [-0.39, 0.29) is 0 Å². The minimum atomic E-state index is 0.721. The monoisotopic (exact) mass is 182 g/mol. The van der Waals surface area contributed by atoms with Gasteiger partial charge in [-0.3, -0.25) is 4.79 Å². The summed E-state index contributed by atoms with van der Waals surface area (Å²) in [6.07, 6.45) is 6.08. The van der Waals surface area contributed by atoms with Gasteiger partial charge in [-0.15, -0.1) is 0 Å². The lowest BCUT2D eigenvalue weighted by Crippen LogP contribution is -2.42. The van der Waals surface area contributed by atoms with E-state index in [4.69, 9.17) is 0 Å². The number of hydrogen-bond acceptors (Lipinski definition) is 2. The van der Waals surface area contributed by atoms with E-state index in [0.717, 1.165) is 31.0 Å². The maximum Gasteiger partial charge on any atom is 0.207 e. The zero-order valence-corrected chi connectivity index (χ0v) is 8.20. The zero-order valence-electron chi connectivity index (χ0n) is 8.20. The SMILES string of the molecule is CN1C2CCC1CC(CNC=O)C2. The quantitative estimate of drug-likeness (QED) is 0.648. The molecule has 2 aliphatic rings. The molecule has 0 aromatic rings. The molecule has 74 valence electrons. The highest BCUT2D eigenvalue weighted by Gasteiger charge is 2.37. The van der Waals surface area contributed by atoms with Crippen molar-refractivity contribution in [3.8, 4) is 0 Å². The number of nitrogens with one attached hydrogen (secondary N) is 1. The number of piperidine rings is 1. The smallest absolute Gasteiger partial charge is 0.207 e. The average Bonchev–Trinajstić information content (AvgIpc) is 2.41. The molecule has 0 spiro atoms. The number of carbonyl (C=O) groups is 1. The van der Waals surface area contributed by atoms with Crippen LogP contribution in [-0.2, 0) is 4.79 Å². The van der Waals surface area contributed by atoms with Crippen LogP contribution in [0.15, 0.2) is 0 Å². The first-order valence-corrected chi connectivity index (χ1v) is 5.20. The second-order valence-corrected chi connectivity index (χ2v) is 4.41. The Morgan fingerprint density at radius 2 is 2.00 bits per heavy atom. The van der Waals surface area contributed by atoms with Gasteiger partial charge in [0.05, 0.1) is 0 Å². The molecule has 1 N–H and O–H groups in total. The van der Waals surface area contributed by atoms with Crippen LogP contribution in [-0.4, -0.2) is 37.0 Å². The van der Waals surface area contributed by atoms with Gasteiger partial charge in [0, 0.05) is 18.6 Å². The van der Waals surface area contributed by atoms with Crippen LogP contribution in [0.5, 0.6) is 0 Å². The first-order valence-electron chi connectivity index (χ1n) is 5.20. The first-order chi connectivity index (χ1) is 6.31. The minimum absolute atomic E-state index is 0.721. The number of rotatable bonds is 3. The van der Waals surface area contributed by atoms with Crippen LogP contribution in [0, 0.1) is 5.92 Å². The molecule has 2 heterocycles. The van der Waals surface area contributed by atoms with Gasteiger partial charge in [0.15, 0.2) is 0 Å². The molecule has 3 nitrogen and oxygen atoms in total. The highest BCUT2D eigenvalue weighted by molar-refractivity contribution is 5.45. The van der Waals surface area contributed by atoms with Crippen molar-refractivity contribution in [2.75, 3.05) is 13.6 Å². The summed E-state index contributed by atoms with van der Waals surface area (Å²) >= 11 is 0. The molecule has 2 unspecified atom stereocenters. The van der Waals surface area contributed by atoms with E-state index in [0.29, 0.717) is 0 Å². The maximum absolute atomic E-state index is 10.2. The third kappa shape index (κ3) is 1.70. The normalized spacial score (nSPS) is 39.0. The van der Waals surface area contributed by atoms with E-state index in [1.54, 1.807) is 0 Å². The van der Waals surface area contributed by atoms with E-state index in [1.807, 2.05) is 0 Å². The molecule has 2 saturated heterocycles. The van der Waals surface area contributed by atoms with Crippen LogP contribution in [0.3, 0.4) is 0 Å². The molecule has 2 fully saturated rings. The minimum Gasteiger partial charge on any atom is -0.358 e. The average molecular weight is 182 g/mol. The van der Waals surface area contributed by atoms with Crippen LogP contribution in [0.25, 0.3) is 0 Å². The Hall–Kier alpha value is -0.570. The Morgan fingerprint density at radius 1 is 1.38 bits per heavy atom. The molecule has 0 aromatic carbocycles. The van der Waals surface area contributed by atoms with Crippen molar-refractivity contribution >= 4 is 6.41 Å². The van der Waals surface area contributed by atoms with Gasteiger partial charge in [0.2, 0.25) is 6.41 Å². The summed E-state index contributed by atoms with van der Waals surface area (Å²) in [5, 5.41) is 2.80. The van der Waals surface area contributed by atoms with Crippen LogP contribution >= 0.6 is 0 Å². The number of nitrogens with zero attached hydrogens (tertiary/aromatic N) is 1. The summed E-state index contributed by atoms with van der Waals surface area (Å²) in [6, 6.07) is 1.58. The standard InChI is InChI=1S/C10H18N2O/c1-12-9-2-3-10(12)5-8(4-9)6-11-7-13/h7-10H,2-6H2,1H3,(H,11,13). The van der Waals surface area contributed by atoms with E-state index in [1.165, 1.54) is 25.7 Å². The Morgan fingerprint density at radius 3 is 2.54 bits per heavy atom. The lowest BCUT2D eigenvalue weighted by atomic mass is 9.91. The fourth-order valence-electron chi connectivity index (χ4n) is 2.91. The molecular weight excluding hydrogens is 164 g/mol. The second-order valence-electron chi connectivity index (χ2n) is 4.41. The molecule has 0 aliphatic carbocycles. The van der Waals surface area contributed by atoms with E-state index >= 15 is 0 Å². The predicted octanol–water partition coefficient (Wildman–Crippen LogP) is 0.605. The van der Waals surface area contributed by atoms with Crippen molar-refractivity contribution in [1.82, 2.24) is 10.2 Å². The second kappa shape index (κ2) is 3.66. The number of amides is 1. The lowest BCUT2D eigenvalue weighted by Gasteiger charge is -2.36. The molecule has 2 bridgehead atoms. The van der Waals surface area contributed by atoms with Crippen molar-refractivity contribution < 1.29 is 4.79 Å². The molecule has 13 heavy (non-hydrogen) atoms. The Bertz CT molecular complexity index is 181. The van der Waals surface area contributed by atoms with Gasteiger partial charge in [-0.2, -0.15) is 0 Å². The van der Waals surface area contributed by atoms with E-state index < -0.39 is 0 Å². The summed E-state index contributed by atoms with van der Waals surface area (Å²) in [5.41, 5.74) is 0. The first kappa shape index (κ1) is 9.00. The van der Waals surface area contributed by atoms with Gasteiger partial charge < -0.3 is 10.2 Å². The summed E-state index contributed by atoms with van der Waals surface area (Å²) in [6.45, 7) is 0.879. The largest absolute Gasteiger partial charge is 0.358 e. The van der Waals surface area contributed by atoms with Gasteiger partial charge in [0.25, 0.3) is 0 Å². The maximum atomic E-state index is 10.2. The number of hydrogen-bond donors (Lipinski definition) is 1. The fraction of sp³-hybridized carbons (Fsp3) is 0.900. The van der Waals surface area contributed by atoms with Crippen molar-refractivity contribution in [3.05, 3.63) is 0 Å². The molecule has 2 aliphatic heterocycles. The Kier molecular flexibility index (Phi) is 2.54. The fourth-order valence-corrected chi connectivity index (χ4v) is 2.91. The van der Waals surface area contributed by atoms with Crippen LogP contribution in [0.1, 0.15) is 25.7 Å². The highest BCUT2D eigenvalue weighted by Crippen LogP contribution is 2.36. The molecule has 2 rings (SSSR count). The molecule has 0 radical (unpaired) electrons. The van der Waals surface area contributed by atoms with Crippen LogP contribution in [0.2, 0.25) is 0 Å². The summed E-state index contributed by atoms with van der Waals surface area (Å²) in [4.78, 5) is 12.7. The van der Waals surface area contributed by atoms with Crippen LogP contribution < -0.4 is 5.32 Å². The predicted molar refractivity (Wildman–Crippen MR) is 51.4 cm³/mol. The molecule has 1 amide bonds. The van der Waals surface area contributed by atoms with Crippen molar-refractivity contribution in [3.63, 3.8) is 0 Å². The Labute approximate surface area is 79.5 Å². The van der Waals surface area contributed by atoms with E-state index in [9.17, 15) is 4.79 Å². The van der Waals surface area contributed by atoms with Crippen molar-refractivity contribution in [2.45, 2.75) is 37.8 Å². The van der Waals surface area contributed by atoms with Crippen molar-refractivity contribution in [2.24, 2.45) is 5.92 Å². The lowest BCUT2D eigenvalue weighted by molar-refractivity contribution is -0.109. The summed E-state index contributed by atoms with van der Waals surface area (Å²) < 4.78 is 0. The van der Waals surface area contributed by atoms with Gasteiger partial charge in [-0.25, -0.2) is 0 Å². The highest BCUT2D eigenvalue weighted by atomic mass is 16.1.